The van der Waals surface area contributed by atoms with E-state index < -0.39 is 36.3 Å². The largest absolute Gasteiger partial charge is 0.480 e. The number of amides is 3. The van der Waals surface area contributed by atoms with Crippen molar-refractivity contribution >= 4 is 30.2 Å². The van der Waals surface area contributed by atoms with Gasteiger partial charge in [-0.05, 0) is 33.4 Å². The number of alkyl carbamates (subject to hydrolysis) is 2. The topological polar surface area (TPSA) is 156 Å². The SMILES string of the molecule is O=C(NC1=NC[C@H](C[C@H](NC(=O)OCC2c3ccccc3-c3ccccc32)C(=O)O)N1C(=O)OCc1ccccc1)OCc1ccccc1. The number of carboxylic acids is 1. The first-order valence-corrected chi connectivity index (χ1v) is 15.7. The number of carbonyl (C=O) groups excluding carboxylic acids is 3. The van der Waals surface area contributed by atoms with Gasteiger partial charge in [-0.1, -0.05) is 109 Å². The molecule has 0 spiro atoms. The molecule has 12 nitrogen and oxygen atoms in total. The number of fused-ring (bicyclic) bond motifs is 3. The molecular formula is C37H34N4O8. The lowest BCUT2D eigenvalue weighted by Crippen LogP contribution is -2.52. The van der Waals surface area contributed by atoms with Gasteiger partial charge in [0.05, 0.1) is 12.6 Å². The molecule has 49 heavy (non-hydrogen) atoms. The lowest BCUT2D eigenvalue weighted by atomic mass is 9.98. The maximum absolute atomic E-state index is 13.4. The van der Waals surface area contributed by atoms with Crippen molar-refractivity contribution in [2.24, 2.45) is 4.99 Å². The van der Waals surface area contributed by atoms with Gasteiger partial charge in [-0.2, -0.15) is 0 Å². The minimum absolute atomic E-state index is 0.00413. The van der Waals surface area contributed by atoms with Crippen LogP contribution in [0.2, 0.25) is 0 Å². The van der Waals surface area contributed by atoms with Gasteiger partial charge in [-0.15, -0.1) is 0 Å². The smallest absolute Gasteiger partial charge is 0.417 e. The molecule has 0 fully saturated rings. The third-order valence-corrected chi connectivity index (χ3v) is 8.32. The number of rotatable bonds is 10. The van der Waals surface area contributed by atoms with Gasteiger partial charge in [0.2, 0.25) is 5.96 Å². The van der Waals surface area contributed by atoms with Crippen molar-refractivity contribution in [2.75, 3.05) is 13.2 Å². The Hall–Kier alpha value is -6.17. The van der Waals surface area contributed by atoms with Crippen LogP contribution >= 0.6 is 0 Å². The van der Waals surface area contributed by atoms with E-state index in [2.05, 4.69) is 15.6 Å². The summed E-state index contributed by atoms with van der Waals surface area (Å²) in [5.74, 6) is -1.71. The van der Waals surface area contributed by atoms with E-state index in [1.165, 1.54) is 0 Å². The monoisotopic (exact) mass is 662 g/mol. The molecule has 4 aromatic rings. The van der Waals surface area contributed by atoms with E-state index in [1.807, 2.05) is 72.8 Å². The molecule has 0 bridgehead atoms. The molecule has 0 radical (unpaired) electrons. The van der Waals surface area contributed by atoms with Crippen molar-refractivity contribution in [1.29, 1.82) is 0 Å². The molecule has 0 unspecified atom stereocenters. The Kier molecular flexibility index (Phi) is 10.1. The molecule has 3 amide bonds. The number of carboxylic acid groups (broad SMARTS) is 1. The Balaban J connectivity index is 1.10. The minimum Gasteiger partial charge on any atom is -0.480 e. The molecule has 1 aliphatic heterocycles. The van der Waals surface area contributed by atoms with Crippen LogP contribution in [0.3, 0.4) is 0 Å². The van der Waals surface area contributed by atoms with Crippen LogP contribution in [0.15, 0.2) is 114 Å². The number of aliphatic carboxylic acids is 1. The van der Waals surface area contributed by atoms with Gasteiger partial charge in [-0.25, -0.2) is 24.1 Å². The van der Waals surface area contributed by atoms with E-state index in [9.17, 15) is 24.3 Å². The molecule has 1 heterocycles. The molecule has 4 aromatic carbocycles. The molecule has 6 rings (SSSR count). The summed E-state index contributed by atoms with van der Waals surface area (Å²) in [5.41, 5.74) is 5.63. The Morgan fingerprint density at radius 2 is 1.29 bits per heavy atom. The number of hydrogen-bond donors (Lipinski definition) is 3. The Bertz CT molecular complexity index is 1800. The summed E-state index contributed by atoms with van der Waals surface area (Å²) < 4.78 is 16.4. The second-order valence-corrected chi connectivity index (χ2v) is 11.5. The third kappa shape index (κ3) is 7.87. The molecule has 12 heteroatoms. The number of nitrogens with one attached hydrogen (secondary N) is 2. The summed E-state index contributed by atoms with van der Waals surface area (Å²) in [6.45, 7) is -0.164. The number of nitrogens with zero attached hydrogens (tertiary/aromatic N) is 2. The second kappa shape index (κ2) is 15.2. The van der Waals surface area contributed by atoms with Gasteiger partial charge in [0, 0.05) is 12.3 Å². The Morgan fingerprint density at radius 1 is 0.735 bits per heavy atom. The van der Waals surface area contributed by atoms with Crippen LogP contribution in [-0.4, -0.2) is 65.5 Å². The van der Waals surface area contributed by atoms with Crippen molar-refractivity contribution in [3.05, 3.63) is 131 Å². The fourth-order valence-electron chi connectivity index (χ4n) is 5.95. The highest BCUT2D eigenvalue weighted by molar-refractivity contribution is 6.02. The van der Waals surface area contributed by atoms with Gasteiger partial charge in [0.15, 0.2) is 0 Å². The molecule has 0 aromatic heterocycles. The fourth-order valence-corrected chi connectivity index (χ4v) is 5.95. The van der Waals surface area contributed by atoms with Gasteiger partial charge < -0.3 is 24.6 Å². The van der Waals surface area contributed by atoms with E-state index >= 15 is 0 Å². The number of hydrogen-bond acceptors (Lipinski definition) is 8. The number of guanidine groups is 1. The summed E-state index contributed by atoms with van der Waals surface area (Å²) in [7, 11) is 0. The van der Waals surface area contributed by atoms with Crippen molar-refractivity contribution in [3.63, 3.8) is 0 Å². The van der Waals surface area contributed by atoms with Crippen LogP contribution in [0.5, 0.6) is 0 Å². The maximum atomic E-state index is 13.4. The van der Waals surface area contributed by atoms with Crippen LogP contribution < -0.4 is 10.6 Å². The normalized spacial score (nSPS) is 15.3. The number of benzene rings is 4. The first-order valence-electron chi connectivity index (χ1n) is 15.7. The predicted molar refractivity (Wildman–Crippen MR) is 179 cm³/mol. The summed E-state index contributed by atoms with van der Waals surface area (Å²) in [6.07, 6.45) is -2.91. The van der Waals surface area contributed by atoms with Gasteiger partial charge >= 0.3 is 24.2 Å². The van der Waals surface area contributed by atoms with Gasteiger partial charge in [-0.3, -0.25) is 10.3 Å². The summed E-state index contributed by atoms with van der Waals surface area (Å²) in [4.78, 5) is 56.8. The van der Waals surface area contributed by atoms with Crippen molar-refractivity contribution in [1.82, 2.24) is 15.5 Å². The number of ether oxygens (including phenoxy) is 3. The van der Waals surface area contributed by atoms with Crippen molar-refractivity contribution in [2.45, 2.75) is 37.6 Å². The van der Waals surface area contributed by atoms with E-state index in [-0.39, 0.29) is 44.7 Å². The van der Waals surface area contributed by atoms with Crippen LogP contribution in [0.1, 0.15) is 34.6 Å². The standard InChI is InChI=1S/C37H34N4O8/c42-33(43)32(39-35(44)48-23-31-29-17-9-7-15-27(29)28-16-8-10-18-30(28)31)19-26-20-38-34(40-36(45)47-21-24-11-3-1-4-12-24)41(26)37(46)49-22-25-13-5-2-6-14-25/h1-18,26,31-32H,19-23H2,(H,39,44)(H,42,43)(H,38,40,45)/t26-,32-/m0/s1. The quantitative estimate of drug-likeness (QED) is 0.184. The summed E-state index contributed by atoms with van der Waals surface area (Å²) in [5, 5.41) is 15.0. The number of aliphatic imine (C=N–C) groups is 1. The van der Waals surface area contributed by atoms with Crippen LogP contribution in [0.25, 0.3) is 11.1 Å². The van der Waals surface area contributed by atoms with Gasteiger partial charge in [0.25, 0.3) is 0 Å². The average molecular weight is 663 g/mol. The third-order valence-electron chi connectivity index (χ3n) is 8.32. The maximum Gasteiger partial charge on any atom is 0.417 e. The zero-order valence-electron chi connectivity index (χ0n) is 26.4. The lowest BCUT2D eigenvalue weighted by molar-refractivity contribution is -0.139. The molecule has 250 valence electrons. The van der Waals surface area contributed by atoms with Crippen molar-refractivity contribution < 1.29 is 38.5 Å². The second-order valence-electron chi connectivity index (χ2n) is 11.5. The summed E-state index contributed by atoms with van der Waals surface area (Å²) >= 11 is 0. The molecule has 0 saturated carbocycles. The first-order chi connectivity index (χ1) is 23.9. The molecule has 2 aliphatic rings. The molecule has 3 N–H and O–H groups in total. The molecule has 0 saturated heterocycles. The molecule has 1 aliphatic carbocycles. The summed E-state index contributed by atoms with van der Waals surface area (Å²) in [6, 6.07) is 31.4. The van der Waals surface area contributed by atoms with E-state index in [0.717, 1.165) is 38.3 Å². The predicted octanol–water partition coefficient (Wildman–Crippen LogP) is 5.67. The average Bonchev–Trinajstić information content (AvgIpc) is 3.67. The van der Waals surface area contributed by atoms with Crippen LogP contribution in [0, 0.1) is 0 Å². The highest BCUT2D eigenvalue weighted by Crippen LogP contribution is 2.44. The highest BCUT2D eigenvalue weighted by Gasteiger charge is 2.39. The minimum atomic E-state index is -1.45. The fraction of sp³-hybridized carbons (Fsp3) is 0.216. The Labute approximate surface area is 282 Å². The van der Waals surface area contributed by atoms with E-state index in [1.54, 1.807) is 36.4 Å². The lowest BCUT2D eigenvalue weighted by Gasteiger charge is -2.27. The Morgan fingerprint density at radius 3 is 1.88 bits per heavy atom. The van der Waals surface area contributed by atoms with Crippen LogP contribution in [0.4, 0.5) is 14.4 Å². The zero-order valence-corrected chi connectivity index (χ0v) is 26.4. The molecular weight excluding hydrogens is 628 g/mol. The zero-order chi connectivity index (χ0) is 34.2. The van der Waals surface area contributed by atoms with Crippen LogP contribution in [-0.2, 0) is 32.2 Å². The number of carbonyl (C=O) groups is 4. The first kappa shape index (κ1) is 32.8. The van der Waals surface area contributed by atoms with E-state index in [4.69, 9.17) is 14.2 Å². The van der Waals surface area contributed by atoms with E-state index in [0.29, 0.717) is 0 Å². The van der Waals surface area contributed by atoms with Gasteiger partial charge in [0.1, 0.15) is 25.9 Å². The van der Waals surface area contributed by atoms with Crippen molar-refractivity contribution in [3.8, 4) is 11.1 Å². The highest BCUT2D eigenvalue weighted by atomic mass is 16.6. The molecule has 2 atom stereocenters.